The molecule has 72 valence electrons. The van der Waals surface area contributed by atoms with Crippen LogP contribution in [-0.4, -0.2) is 30.1 Å². The number of nitrogens with zero attached hydrogens (tertiary/aromatic N) is 1. The fraction of sp³-hybridized carbons (Fsp3) is 0.889. The summed E-state index contributed by atoms with van der Waals surface area (Å²) in [6.07, 6.45) is 3.55. The molecule has 0 spiro atoms. The van der Waals surface area contributed by atoms with Crippen molar-refractivity contribution in [1.29, 1.82) is 0 Å². The molecule has 0 aromatic rings. The highest BCUT2D eigenvalue weighted by atomic mass is 32.1. The van der Waals surface area contributed by atoms with Gasteiger partial charge in [-0.1, -0.05) is 20.3 Å². The van der Waals surface area contributed by atoms with Gasteiger partial charge in [-0.3, -0.25) is 0 Å². The summed E-state index contributed by atoms with van der Waals surface area (Å²) >= 11 is 5.17. The van der Waals surface area contributed by atoms with E-state index in [1.807, 2.05) is 7.05 Å². The molecule has 0 rings (SSSR count). The fourth-order valence-electron chi connectivity index (χ4n) is 0.944. The summed E-state index contributed by atoms with van der Waals surface area (Å²) in [6, 6.07) is 0. The van der Waals surface area contributed by atoms with Crippen LogP contribution >= 0.6 is 12.2 Å². The zero-order chi connectivity index (χ0) is 9.40. The maximum Gasteiger partial charge on any atom is 0.168 e. The highest BCUT2D eigenvalue weighted by Crippen LogP contribution is 1.89. The molecule has 1 N–H and O–H groups in total. The minimum atomic E-state index is 0.880. The van der Waals surface area contributed by atoms with E-state index in [1.54, 1.807) is 0 Å². The number of unbranched alkanes of at least 4 members (excludes halogenated alkanes) is 1. The first-order chi connectivity index (χ1) is 5.72. The van der Waals surface area contributed by atoms with Crippen LogP contribution in [0.5, 0.6) is 0 Å². The molecule has 2 nitrogen and oxygen atoms in total. The van der Waals surface area contributed by atoms with Crippen molar-refractivity contribution in [3.05, 3.63) is 0 Å². The second kappa shape index (κ2) is 7.35. The lowest BCUT2D eigenvalue weighted by Gasteiger charge is -2.19. The van der Waals surface area contributed by atoms with Crippen LogP contribution in [0.25, 0.3) is 0 Å². The summed E-state index contributed by atoms with van der Waals surface area (Å²) < 4.78 is 0. The first kappa shape index (κ1) is 11.7. The van der Waals surface area contributed by atoms with E-state index in [0.717, 1.165) is 24.6 Å². The van der Waals surface area contributed by atoms with Crippen LogP contribution in [0.4, 0.5) is 0 Å². The molecule has 0 aliphatic rings. The molecule has 0 aliphatic heterocycles. The predicted octanol–water partition coefficient (Wildman–Crippen LogP) is 2.00. The number of hydrogen-bond acceptors (Lipinski definition) is 1. The van der Waals surface area contributed by atoms with Gasteiger partial charge in [-0.2, -0.15) is 0 Å². The van der Waals surface area contributed by atoms with Crippen molar-refractivity contribution in [1.82, 2.24) is 10.2 Å². The molecule has 0 atom stereocenters. The van der Waals surface area contributed by atoms with Crippen molar-refractivity contribution in [2.24, 2.45) is 0 Å². The van der Waals surface area contributed by atoms with E-state index in [2.05, 4.69) is 24.1 Å². The average Bonchev–Trinajstić information content (AvgIpc) is 2.05. The second-order valence-corrected chi connectivity index (χ2v) is 3.39. The van der Waals surface area contributed by atoms with Crippen LogP contribution < -0.4 is 5.32 Å². The van der Waals surface area contributed by atoms with Crippen molar-refractivity contribution in [2.45, 2.75) is 33.1 Å². The Hall–Kier alpha value is -0.310. The lowest BCUT2D eigenvalue weighted by molar-refractivity contribution is 0.489. The van der Waals surface area contributed by atoms with Gasteiger partial charge in [0.1, 0.15) is 0 Å². The molecular weight excluding hydrogens is 168 g/mol. The van der Waals surface area contributed by atoms with E-state index in [9.17, 15) is 0 Å². The molecule has 0 aliphatic carbocycles. The van der Waals surface area contributed by atoms with Crippen molar-refractivity contribution in [2.75, 3.05) is 20.1 Å². The largest absolute Gasteiger partial charge is 0.363 e. The van der Waals surface area contributed by atoms with Gasteiger partial charge in [0.15, 0.2) is 5.11 Å². The Labute approximate surface area is 81.3 Å². The Morgan fingerprint density at radius 3 is 2.50 bits per heavy atom. The maximum absolute atomic E-state index is 5.17. The first-order valence-electron chi connectivity index (χ1n) is 4.71. The van der Waals surface area contributed by atoms with Crippen molar-refractivity contribution in [3.63, 3.8) is 0 Å². The van der Waals surface area contributed by atoms with Gasteiger partial charge in [-0.25, -0.2) is 0 Å². The van der Waals surface area contributed by atoms with Gasteiger partial charge in [-0.05, 0) is 25.1 Å². The Balaban J connectivity index is 3.43. The SMILES string of the molecule is CCCCNC(=S)N(C)CCC. The number of nitrogens with one attached hydrogen (secondary N) is 1. The van der Waals surface area contributed by atoms with Gasteiger partial charge in [0.05, 0.1) is 0 Å². The molecule has 0 saturated carbocycles. The molecule has 0 saturated heterocycles. The maximum atomic E-state index is 5.17. The molecule has 12 heavy (non-hydrogen) atoms. The third kappa shape index (κ3) is 5.35. The lowest BCUT2D eigenvalue weighted by Crippen LogP contribution is -2.37. The predicted molar refractivity (Wildman–Crippen MR) is 58.4 cm³/mol. The molecule has 3 heteroatoms. The average molecular weight is 188 g/mol. The molecule has 0 amide bonds. The second-order valence-electron chi connectivity index (χ2n) is 3.01. The van der Waals surface area contributed by atoms with Gasteiger partial charge >= 0.3 is 0 Å². The van der Waals surface area contributed by atoms with Crippen LogP contribution in [0.2, 0.25) is 0 Å². The normalized spacial score (nSPS) is 9.58. The van der Waals surface area contributed by atoms with Crippen LogP contribution in [-0.2, 0) is 0 Å². The monoisotopic (exact) mass is 188 g/mol. The third-order valence-corrected chi connectivity index (χ3v) is 2.17. The zero-order valence-corrected chi connectivity index (χ0v) is 9.21. The van der Waals surface area contributed by atoms with Gasteiger partial charge in [0, 0.05) is 20.1 Å². The summed E-state index contributed by atoms with van der Waals surface area (Å²) in [5.41, 5.74) is 0. The Morgan fingerprint density at radius 2 is 2.00 bits per heavy atom. The van der Waals surface area contributed by atoms with Crippen LogP contribution in [0.3, 0.4) is 0 Å². The third-order valence-electron chi connectivity index (χ3n) is 1.71. The molecule has 0 fully saturated rings. The van der Waals surface area contributed by atoms with E-state index >= 15 is 0 Å². The standard InChI is InChI=1S/C9H20N2S/c1-4-6-7-10-9(12)11(3)8-5-2/h4-8H2,1-3H3,(H,10,12). The highest BCUT2D eigenvalue weighted by Gasteiger charge is 1.99. The molecule has 0 aromatic carbocycles. The number of rotatable bonds is 5. The van der Waals surface area contributed by atoms with Crippen molar-refractivity contribution >= 4 is 17.3 Å². The minimum Gasteiger partial charge on any atom is -0.363 e. The molecule has 0 bridgehead atoms. The Bertz CT molecular complexity index is 126. The fourth-order valence-corrected chi connectivity index (χ4v) is 1.14. The van der Waals surface area contributed by atoms with Crippen LogP contribution in [0.1, 0.15) is 33.1 Å². The molecule has 0 aromatic heterocycles. The lowest BCUT2D eigenvalue weighted by atomic mass is 10.3. The minimum absolute atomic E-state index is 0.880. The molecular formula is C9H20N2S. The van der Waals surface area contributed by atoms with Gasteiger partial charge in [0.25, 0.3) is 0 Å². The highest BCUT2D eigenvalue weighted by molar-refractivity contribution is 7.80. The molecule has 0 radical (unpaired) electrons. The van der Waals surface area contributed by atoms with Gasteiger partial charge in [-0.15, -0.1) is 0 Å². The number of thiocarbonyl (C=S) groups is 1. The quantitative estimate of drug-likeness (QED) is 0.525. The summed E-state index contributed by atoms with van der Waals surface area (Å²) in [5, 5.41) is 4.11. The van der Waals surface area contributed by atoms with E-state index in [1.165, 1.54) is 12.8 Å². The zero-order valence-electron chi connectivity index (χ0n) is 8.39. The number of hydrogen-bond donors (Lipinski definition) is 1. The Morgan fingerprint density at radius 1 is 1.33 bits per heavy atom. The van der Waals surface area contributed by atoms with E-state index in [0.29, 0.717) is 0 Å². The van der Waals surface area contributed by atoms with Gasteiger partial charge < -0.3 is 10.2 Å². The summed E-state index contributed by atoms with van der Waals surface area (Å²) in [5.74, 6) is 0. The molecule has 0 unspecified atom stereocenters. The van der Waals surface area contributed by atoms with Crippen molar-refractivity contribution < 1.29 is 0 Å². The van der Waals surface area contributed by atoms with Crippen molar-refractivity contribution in [3.8, 4) is 0 Å². The van der Waals surface area contributed by atoms with E-state index < -0.39 is 0 Å². The summed E-state index contributed by atoms with van der Waals surface area (Å²) in [7, 11) is 2.03. The van der Waals surface area contributed by atoms with Gasteiger partial charge in [0.2, 0.25) is 0 Å². The van der Waals surface area contributed by atoms with E-state index in [4.69, 9.17) is 12.2 Å². The molecule has 0 heterocycles. The Kier molecular flexibility index (Phi) is 7.16. The summed E-state index contributed by atoms with van der Waals surface area (Å²) in [6.45, 7) is 6.38. The van der Waals surface area contributed by atoms with E-state index in [-0.39, 0.29) is 0 Å². The topological polar surface area (TPSA) is 15.3 Å². The van der Waals surface area contributed by atoms with Crippen LogP contribution in [0, 0.1) is 0 Å². The first-order valence-corrected chi connectivity index (χ1v) is 5.12. The smallest absolute Gasteiger partial charge is 0.168 e. The van der Waals surface area contributed by atoms with Crippen LogP contribution in [0.15, 0.2) is 0 Å². The summed E-state index contributed by atoms with van der Waals surface area (Å²) in [4.78, 5) is 2.09.